The SMILES string of the molecule is COc1ccc(C(NC(=O)C(C)C(C)N)c2nccn2C)cc1.Cl.Cl. The summed E-state index contributed by atoms with van der Waals surface area (Å²) in [5, 5.41) is 3.05. The van der Waals surface area contributed by atoms with Crippen molar-refractivity contribution < 1.29 is 9.53 Å². The topological polar surface area (TPSA) is 82.2 Å². The van der Waals surface area contributed by atoms with E-state index in [9.17, 15) is 4.79 Å². The number of nitrogens with one attached hydrogen (secondary N) is 1. The van der Waals surface area contributed by atoms with Gasteiger partial charge in [-0.15, -0.1) is 24.8 Å². The Labute approximate surface area is 161 Å². The van der Waals surface area contributed by atoms with E-state index in [0.29, 0.717) is 0 Å². The van der Waals surface area contributed by atoms with Crippen LogP contribution in [0, 0.1) is 5.92 Å². The third kappa shape index (κ3) is 5.63. The average Bonchev–Trinajstić information content (AvgIpc) is 2.97. The average molecular weight is 389 g/mol. The van der Waals surface area contributed by atoms with E-state index in [1.807, 2.05) is 55.9 Å². The number of aryl methyl sites for hydroxylation is 1. The predicted octanol–water partition coefficient (Wildman–Crippen LogP) is 2.46. The van der Waals surface area contributed by atoms with Crippen molar-refractivity contribution in [1.82, 2.24) is 14.9 Å². The van der Waals surface area contributed by atoms with Gasteiger partial charge in [-0.25, -0.2) is 4.98 Å². The summed E-state index contributed by atoms with van der Waals surface area (Å²) in [6.45, 7) is 3.65. The fraction of sp³-hybridized carbons (Fsp3) is 0.412. The molecule has 0 aliphatic rings. The Morgan fingerprint density at radius 1 is 1.24 bits per heavy atom. The van der Waals surface area contributed by atoms with Gasteiger partial charge in [0, 0.05) is 31.4 Å². The quantitative estimate of drug-likeness (QED) is 0.795. The van der Waals surface area contributed by atoms with Crippen LogP contribution in [-0.2, 0) is 11.8 Å². The van der Waals surface area contributed by atoms with Crippen LogP contribution < -0.4 is 15.8 Å². The van der Waals surface area contributed by atoms with E-state index in [0.717, 1.165) is 17.1 Å². The molecule has 2 aromatic rings. The van der Waals surface area contributed by atoms with Crippen LogP contribution in [0.25, 0.3) is 0 Å². The number of rotatable bonds is 6. The first kappa shape index (κ1) is 23.2. The number of imidazole rings is 1. The number of amides is 1. The summed E-state index contributed by atoms with van der Waals surface area (Å²) in [5.74, 6) is 1.16. The zero-order valence-electron chi connectivity index (χ0n) is 14.8. The standard InChI is InChI=1S/C17H24N4O2.2ClH/c1-11(12(2)18)17(22)20-15(16-19-9-10-21(16)3)13-5-7-14(23-4)8-6-13;;/h5-12,15H,18H2,1-4H3,(H,20,22);2*1H. The third-order valence-corrected chi connectivity index (χ3v) is 4.05. The van der Waals surface area contributed by atoms with Crippen LogP contribution in [0.1, 0.15) is 31.3 Å². The highest BCUT2D eigenvalue weighted by atomic mass is 35.5. The summed E-state index contributed by atoms with van der Waals surface area (Å²) < 4.78 is 7.08. The van der Waals surface area contributed by atoms with Crippen molar-refractivity contribution in [2.75, 3.05) is 7.11 Å². The number of carbonyl (C=O) groups excluding carboxylic acids is 1. The molecule has 3 atom stereocenters. The maximum Gasteiger partial charge on any atom is 0.225 e. The van der Waals surface area contributed by atoms with Crippen LogP contribution in [0.15, 0.2) is 36.7 Å². The molecule has 25 heavy (non-hydrogen) atoms. The van der Waals surface area contributed by atoms with Crippen molar-refractivity contribution in [3.05, 3.63) is 48.0 Å². The lowest BCUT2D eigenvalue weighted by atomic mass is 10.0. The highest BCUT2D eigenvalue weighted by Gasteiger charge is 2.25. The molecule has 0 spiro atoms. The van der Waals surface area contributed by atoms with E-state index in [2.05, 4.69) is 10.3 Å². The van der Waals surface area contributed by atoms with E-state index in [4.69, 9.17) is 10.5 Å². The van der Waals surface area contributed by atoms with Gasteiger partial charge >= 0.3 is 0 Å². The van der Waals surface area contributed by atoms with Crippen LogP contribution in [0.2, 0.25) is 0 Å². The normalized spacial score (nSPS) is 13.6. The van der Waals surface area contributed by atoms with Crippen LogP contribution >= 0.6 is 24.8 Å². The van der Waals surface area contributed by atoms with Crippen LogP contribution in [0.4, 0.5) is 0 Å². The molecule has 6 nitrogen and oxygen atoms in total. The molecule has 1 aromatic carbocycles. The number of carbonyl (C=O) groups is 1. The molecular formula is C17H26Cl2N4O2. The highest BCUT2D eigenvalue weighted by molar-refractivity contribution is 5.85. The van der Waals surface area contributed by atoms with Crippen molar-refractivity contribution in [2.24, 2.45) is 18.7 Å². The van der Waals surface area contributed by atoms with E-state index < -0.39 is 0 Å². The molecule has 0 radical (unpaired) electrons. The van der Waals surface area contributed by atoms with Crippen molar-refractivity contribution >= 4 is 30.7 Å². The second-order valence-electron chi connectivity index (χ2n) is 5.76. The van der Waals surface area contributed by atoms with E-state index >= 15 is 0 Å². The third-order valence-electron chi connectivity index (χ3n) is 4.05. The Morgan fingerprint density at radius 2 is 1.84 bits per heavy atom. The van der Waals surface area contributed by atoms with Crippen molar-refractivity contribution in [1.29, 1.82) is 0 Å². The minimum Gasteiger partial charge on any atom is -0.497 e. The maximum absolute atomic E-state index is 12.4. The number of methoxy groups -OCH3 is 1. The van der Waals surface area contributed by atoms with Gasteiger partial charge in [0.25, 0.3) is 0 Å². The molecule has 8 heteroatoms. The first-order chi connectivity index (χ1) is 10.9. The Kier molecular flexibility index (Phi) is 9.56. The fourth-order valence-electron chi connectivity index (χ4n) is 2.26. The van der Waals surface area contributed by atoms with Gasteiger partial charge in [0.2, 0.25) is 5.91 Å². The van der Waals surface area contributed by atoms with Gasteiger partial charge in [-0.1, -0.05) is 19.1 Å². The first-order valence-corrected chi connectivity index (χ1v) is 7.61. The van der Waals surface area contributed by atoms with Gasteiger partial charge in [0.15, 0.2) is 0 Å². The van der Waals surface area contributed by atoms with Crippen LogP contribution in [0.5, 0.6) is 5.75 Å². The molecular weight excluding hydrogens is 363 g/mol. The summed E-state index contributed by atoms with van der Waals surface area (Å²) in [4.78, 5) is 16.8. The lowest BCUT2D eigenvalue weighted by Crippen LogP contribution is -2.41. The zero-order chi connectivity index (χ0) is 17.0. The molecule has 1 heterocycles. The van der Waals surface area contributed by atoms with Crippen LogP contribution in [-0.4, -0.2) is 28.6 Å². The lowest BCUT2D eigenvalue weighted by molar-refractivity contribution is -0.125. The number of hydrogen-bond acceptors (Lipinski definition) is 4. The van der Waals surface area contributed by atoms with Gasteiger partial charge in [0.05, 0.1) is 7.11 Å². The monoisotopic (exact) mass is 388 g/mol. The summed E-state index contributed by atoms with van der Waals surface area (Å²) in [5.41, 5.74) is 6.78. The molecule has 140 valence electrons. The first-order valence-electron chi connectivity index (χ1n) is 7.61. The Hall–Kier alpha value is -1.76. The number of benzene rings is 1. The predicted molar refractivity (Wildman–Crippen MR) is 103 cm³/mol. The number of aromatic nitrogens is 2. The molecule has 0 aliphatic heterocycles. The number of halogens is 2. The number of hydrogen-bond donors (Lipinski definition) is 2. The summed E-state index contributed by atoms with van der Waals surface area (Å²) >= 11 is 0. The summed E-state index contributed by atoms with van der Waals surface area (Å²) in [6.07, 6.45) is 3.57. The fourth-order valence-corrected chi connectivity index (χ4v) is 2.26. The number of ether oxygens (including phenoxy) is 1. The Morgan fingerprint density at radius 3 is 2.28 bits per heavy atom. The minimum atomic E-state index is -0.338. The van der Waals surface area contributed by atoms with Gasteiger partial charge in [0.1, 0.15) is 17.6 Å². The number of nitrogens with zero attached hydrogens (tertiary/aromatic N) is 2. The van der Waals surface area contributed by atoms with Crippen LogP contribution in [0.3, 0.4) is 0 Å². The molecule has 0 aliphatic carbocycles. The van der Waals surface area contributed by atoms with E-state index in [1.165, 1.54) is 0 Å². The van der Waals surface area contributed by atoms with Gasteiger partial charge < -0.3 is 20.4 Å². The van der Waals surface area contributed by atoms with Crippen molar-refractivity contribution in [3.8, 4) is 5.75 Å². The zero-order valence-corrected chi connectivity index (χ0v) is 16.4. The second-order valence-corrected chi connectivity index (χ2v) is 5.76. The van der Waals surface area contributed by atoms with Gasteiger partial charge in [-0.3, -0.25) is 4.79 Å². The second kappa shape index (κ2) is 10.3. The van der Waals surface area contributed by atoms with Crippen molar-refractivity contribution in [3.63, 3.8) is 0 Å². The molecule has 3 unspecified atom stereocenters. The molecule has 1 amide bonds. The molecule has 0 fully saturated rings. The maximum atomic E-state index is 12.4. The molecule has 1 aromatic heterocycles. The Balaban J connectivity index is 0.00000288. The highest BCUT2D eigenvalue weighted by Crippen LogP contribution is 2.23. The van der Waals surface area contributed by atoms with E-state index in [1.54, 1.807) is 13.3 Å². The molecule has 3 N–H and O–H groups in total. The largest absolute Gasteiger partial charge is 0.497 e. The van der Waals surface area contributed by atoms with Gasteiger partial charge in [-0.2, -0.15) is 0 Å². The molecule has 0 bridgehead atoms. The smallest absolute Gasteiger partial charge is 0.225 e. The Bertz CT molecular complexity index is 659. The minimum absolute atomic E-state index is 0. The molecule has 0 saturated carbocycles. The van der Waals surface area contributed by atoms with E-state index in [-0.39, 0.29) is 48.7 Å². The van der Waals surface area contributed by atoms with Crippen molar-refractivity contribution in [2.45, 2.75) is 25.9 Å². The summed E-state index contributed by atoms with van der Waals surface area (Å²) in [6, 6.07) is 7.03. The number of nitrogens with two attached hydrogens (primary N) is 1. The van der Waals surface area contributed by atoms with Gasteiger partial charge in [-0.05, 0) is 24.6 Å². The summed E-state index contributed by atoms with van der Waals surface area (Å²) in [7, 11) is 3.53. The molecule has 2 rings (SSSR count). The molecule has 0 saturated heterocycles. The lowest BCUT2D eigenvalue weighted by Gasteiger charge is -2.23.